The zero-order valence-electron chi connectivity index (χ0n) is 16.0. The van der Waals surface area contributed by atoms with Crippen LogP contribution in [0.3, 0.4) is 0 Å². The van der Waals surface area contributed by atoms with Gasteiger partial charge in [0.05, 0.1) is 19.1 Å². The molecule has 1 aliphatic rings. The predicted octanol–water partition coefficient (Wildman–Crippen LogP) is 4.43. The van der Waals surface area contributed by atoms with Crippen LogP contribution in [0.5, 0.6) is 11.5 Å². The number of benzene rings is 1. The highest BCUT2D eigenvalue weighted by Crippen LogP contribution is 2.34. The highest BCUT2D eigenvalue weighted by atomic mass is 32.1. The second-order valence-corrected chi connectivity index (χ2v) is 7.82. The maximum absolute atomic E-state index is 12.9. The summed E-state index contributed by atoms with van der Waals surface area (Å²) >= 11 is 1.59. The number of aryl methyl sites for hydroxylation is 2. The van der Waals surface area contributed by atoms with Crippen LogP contribution in [-0.2, 0) is 6.54 Å². The van der Waals surface area contributed by atoms with Gasteiger partial charge < -0.3 is 9.47 Å². The lowest BCUT2D eigenvalue weighted by Gasteiger charge is -2.10. The number of hydrogen-bond donors (Lipinski definition) is 0. The first-order chi connectivity index (χ1) is 13.0. The number of rotatable bonds is 4. The van der Waals surface area contributed by atoms with Gasteiger partial charge in [0.15, 0.2) is 11.5 Å². The van der Waals surface area contributed by atoms with Crippen molar-refractivity contribution in [2.75, 3.05) is 13.7 Å². The monoisotopic (exact) mass is 382 g/mol. The van der Waals surface area contributed by atoms with E-state index >= 15 is 0 Å². The Bertz CT molecular complexity index is 1120. The fourth-order valence-electron chi connectivity index (χ4n) is 3.51. The van der Waals surface area contributed by atoms with E-state index in [0.29, 0.717) is 18.9 Å². The fraction of sp³-hybridized carbons (Fsp3) is 0.333. The van der Waals surface area contributed by atoms with Gasteiger partial charge >= 0.3 is 0 Å². The first-order valence-electron chi connectivity index (χ1n) is 9.05. The summed E-state index contributed by atoms with van der Waals surface area (Å²) in [6, 6.07) is 5.87. The summed E-state index contributed by atoms with van der Waals surface area (Å²) in [5.41, 5.74) is 3.21. The number of ether oxygens (including phenoxy) is 2. The third kappa shape index (κ3) is 2.94. The van der Waals surface area contributed by atoms with Crippen molar-refractivity contribution in [1.82, 2.24) is 9.55 Å². The molecule has 0 atom stereocenters. The third-order valence-electron chi connectivity index (χ3n) is 5.01. The van der Waals surface area contributed by atoms with Crippen molar-refractivity contribution in [2.45, 2.75) is 33.7 Å². The molecule has 2 aromatic heterocycles. The molecule has 0 amide bonds. The minimum absolute atomic E-state index is 0.0736. The van der Waals surface area contributed by atoms with Gasteiger partial charge in [0, 0.05) is 11.4 Å². The smallest absolute Gasteiger partial charge is 0.262 e. The Morgan fingerprint density at radius 3 is 2.85 bits per heavy atom. The molecule has 0 N–H and O–H groups in total. The number of nitrogens with zero attached hydrogens (tertiary/aromatic N) is 2. The van der Waals surface area contributed by atoms with E-state index in [4.69, 9.17) is 14.5 Å². The molecule has 0 radical (unpaired) electrons. The van der Waals surface area contributed by atoms with Crippen LogP contribution in [0.2, 0.25) is 0 Å². The Morgan fingerprint density at radius 1 is 1.30 bits per heavy atom. The van der Waals surface area contributed by atoms with Crippen molar-refractivity contribution in [3.8, 4) is 11.5 Å². The van der Waals surface area contributed by atoms with Crippen LogP contribution in [0.4, 0.5) is 0 Å². The minimum atomic E-state index is 0.0736. The van der Waals surface area contributed by atoms with Crippen molar-refractivity contribution in [1.29, 1.82) is 0 Å². The largest absolute Gasteiger partial charge is 0.493 e. The molecule has 3 heterocycles. The summed E-state index contributed by atoms with van der Waals surface area (Å²) in [5, 5.41) is 0.769. The zero-order chi connectivity index (χ0) is 19.1. The molecule has 6 heteroatoms. The molecule has 0 fully saturated rings. The van der Waals surface area contributed by atoms with Crippen molar-refractivity contribution >= 4 is 33.2 Å². The van der Waals surface area contributed by atoms with Gasteiger partial charge in [0.2, 0.25) is 0 Å². The SMILES string of the molecule is CCOc1ccc(/C=C2\CCn3c2nc2sc(C)c(C)c2c3=O)cc1OC. The normalized spacial score (nSPS) is 14.7. The van der Waals surface area contributed by atoms with Crippen LogP contribution in [0, 0.1) is 13.8 Å². The Morgan fingerprint density at radius 2 is 2.11 bits per heavy atom. The number of thiophene rings is 1. The molecule has 0 saturated heterocycles. The average Bonchev–Trinajstić information content (AvgIpc) is 3.18. The Balaban J connectivity index is 1.80. The quantitative estimate of drug-likeness (QED) is 0.670. The lowest BCUT2D eigenvalue weighted by Crippen LogP contribution is -2.20. The van der Waals surface area contributed by atoms with E-state index in [-0.39, 0.29) is 5.56 Å². The molecular weight excluding hydrogens is 360 g/mol. The minimum Gasteiger partial charge on any atom is -0.493 e. The van der Waals surface area contributed by atoms with Gasteiger partial charge in [-0.05, 0) is 62.1 Å². The molecule has 0 aliphatic carbocycles. The standard InChI is InChI=1S/C21H22N2O3S/c1-5-26-16-7-6-14(11-17(16)25-4)10-15-8-9-23-19(15)22-20-18(21(23)24)12(2)13(3)27-20/h6-7,10-11H,5,8-9H2,1-4H3/b15-10+. The Kier molecular flexibility index (Phi) is 4.52. The number of methoxy groups -OCH3 is 1. The average molecular weight is 382 g/mol. The van der Waals surface area contributed by atoms with Gasteiger partial charge in [-0.3, -0.25) is 9.36 Å². The van der Waals surface area contributed by atoms with Crippen LogP contribution in [0.15, 0.2) is 23.0 Å². The van der Waals surface area contributed by atoms with Crippen molar-refractivity contribution in [2.24, 2.45) is 0 Å². The van der Waals surface area contributed by atoms with Crippen LogP contribution in [0.25, 0.3) is 21.9 Å². The zero-order valence-corrected chi connectivity index (χ0v) is 16.8. The summed E-state index contributed by atoms with van der Waals surface area (Å²) in [6.45, 7) is 7.25. The first kappa shape index (κ1) is 17.8. The lowest BCUT2D eigenvalue weighted by atomic mass is 10.1. The van der Waals surface area contributed by atoms with Gasteiger partial charge in [-0.2, -0.15) is 0 Å². The maximum Gasteiger partial charge on any atom is 0.262 e. The summed E-state index contributed by atoms with van der Waals surface area (Å²) in [5.74, 6) is 2.21. The molecule has 0 saturated carbocycles. The number of allylic oxidation sites excluding steroid dienone is 1. The molecule has 3 aromatic rings. The van der Waals surface area contributed by atoms with Crippen LogP contribution >= 0.6 is 11.3 Å². The van der Waals surface area contributed by atoms with Crippen molar-refractivity contribution in [3.63, 3.8) is 0 Å². The molecular formula is C21H22N2O3S. The molecule has 4 rings (SSSR count). The van der Waals surface area contributed by atoms with Crippen molar-refractivity contribution < 1.29 is 9.47 Å². The number of hydrogen-bond acceptors (Lipinski definition) is 5. The second-order valence-electron chi connectivity index (χ2n) is 6.62. The highest BCUT2D eigenvalue weighted by Gasteiger charge is 2.23. The van der Waals surface area contributed by atoms with Gasteiger partial charge in [-0.15, -0.1) is 11.3 Å². The number of aromatic nitrogens is 2. The Hall–Kier alpha value is -2.60. The van der Waals surface area contributed by atoms with Crippen LogP contribution in [0.1, 0.15) is 35.2 Å². The summed E-state index contributed by atoms with van der Waals surface area (Å²) in [6.07, 6.45) is 2.88. The summed E-state index contributed by atoms with van der Waals surface area (Å²) < 4.78 is 12.8. The molecule has 0 unspecified atom stereocenters. The maximum atomic E-state index is 12.9. The van der Waals surface area contributed by atoms with E-state index in [1.54, 1.807) is 23.0 Å². The van der Waals surface area contributed by atoms with Crippen LogP contribution in [-0.4, -0.2) is 23.3 Å². The van der Waals surface area contributed by atoms with E-state index < -0.39 is 0 Å². The molecule has 0 bridgehead atoms. The van der Waals surface area contributed by atoms with Crippen molar-refractivity contribution in [3.05, 3.63) is 50.4 Å². The van der Waals surface area contributed by atoms with Gasteiger partial charge in [-0.1, -0.05) is 6.07 Å². The van der Waals surface area contributed by atoms with Crippen LogP contribution < -0.4 is 15.0 Å². The molecule has 5 nitrogen and oxygen atoms in total. The molecule has 27 heavy (non-hydrogen) atoms. The molecule has 140 valence electrons. The van der Waals surface area contributed by atoms with Gasteiger partial charge in [0.25, 0.3) is 5.56 Å². The van der Waals surface area contributed by atoms with E-state index in [1.807, 2.05) is 39.0 Å². The number of fused-ring (bicyclic) bond motifs is 2. The molecule has 0 spiro atoms. The fourth-order valence-corrected chi connectivity index (χ4v) is 4.53. The second kappa shape index (κ2) is 6.85. The predicted molar refractivity (Wildman–Crippen MR) is 110 cm³/mol. The van der Waals surface area contributed by atoms with E-state index in [2.05, 4.69) is 6.08 Å². The first-order valence-corrected chi connectivity index (χ1v) is 9.87. The highest BCUT2D eigenvalue weighted by molar-refractivity contribution is 7.18. The van der Waals surface area contributed by atoms with Gasteiger partial charge in [0.1, 0.15) is 10.7 Å². The molecule has 1 aromatic carbocycles. The van der Waals surface area contributed by atoms with Gasteiger partial charge in [-0.25, -0.2) is 4.98 Å². The molecule has 1 aliphatic heterocycles. The lowest BCUT2D eigenvalue weighted by molar-refractivity contribution is 0.311. The van der Waals surface area contributed by atoms with E-state index in [9.17, 15) is 4.79 Å². The van der Waals surface area contributed by atoms with E-state index in [0.717, 1.165) is 49.8 Å². The summed E-state index contributed by atoms with van der Waals surface area (Å²) in [7, 11) is 1.64. The Labute approximate surface area is 161 Å². The summed E-state index contributed by atoms with van der Waals surface area (Å²) in [4.78, 5) is 19.7. The topological polar surface area (TPSA) is 53.4 Å². The third-order valence-corrected chi connectivity index (χ3v) is 6.11. The van der Waals surface area contributed by atoms with E-state index in [1.165, 1.54) is 0 Å².